The summed E-state index contributed by atoms with van der Waals surface area (Å²) in [5.41, 5.74) is 0.762. The van der Waals surface area contributed by atoms with Crippen LogP contribution in [0.5, 0.6) is 0 Å². The lowest BCUT2D eigenvalue weighted by Gasteiger charge is -2.12. The minimum absolute atomic E-state index is 0.0571. The Hall–Kier alpha value is -2.35. The zero-order valence-electron chi connectivity index (χ0n) is 12.0. The maximum Gasteiger partial charge on any atom is 0.250 e. The number of nitrogens with zero attached hydrogens (tertiary/aromatic N) is 6. The van der Waals surface area contributed by atoms with Crippen LogP contribution in [0.15, 0.2) is 30.9 Å². The van der Waals surface area contributed by atoms with Gasteiger partial charge in [0.05, 0.1) is 18.1 Å². The number of rotatable bonds is 3. The third kappa shape index (κ3) is 3.05. The van der Waals surface area contributed by atoms with E-state index in [0.717, 1.165) is 16.6 Å². The number of nitrogens with one attached hydrogen (secondary N) is 1. The van der Waals surface area contributed by atoms with Crippen LogP contribution in [0, 0.1) is 0 Å². The molecule has 7 nitrogen and oxygen atoms in total. The van der Waals surface area contributed by atoms with Crippen LogP contribution in [0.1, 0.15) is 26.6 Å². The molecule has 3 heterocycles. The molecule has 3 aromatic rings. The standard InChI is InChI=1S/C13H15N7S/c1-13(2,3)10-18-12(21-19-10)17-9-7-16-20(8-9)11-14-5-4-6-15-11/h4-8H,1-3H3,(H,17,18,19). The van der Waals surface area contributed by atoms with Gasteiger partial charge in [-0.1, -0.05) is 20.8 Å². The Labute approximate surface area is 126 Å². The third-order valence-electron chi connectivity index (χ3n) is 2.69. The molecule has 0 atom stereocenters. The van der Waals surface area contributed by atoms with Crippen LogP contribution in [0.4, 0.5) is 10.8 Å². The fourth-order valence-corrected chi connectivity index (χ4v) is 2.39. The van der Waals surface area contributed by atoms with Gasteiger partial charge in [-0.05, 0) is 6.07 Å². The highest BCUT2D eigenvalue weighted by Gasteiger charge is 2.19. The molecule has 0 spiro atoms. The van der Waals surface area contributed by atoms with Crippen LogP contribution in [-0.4, -0.2) is 29.1 Å². The van der Waals surface area contributed by atoms with Gasteiger partial charge < -0.3 is 5.32 Å². The molecular formula is C13H15N7S. The molecule has 0 aromatic carbocycles. The molecule has 8 heteroatoms. The zero-order chi connectivity index (χ0) is 14.9. The van der Waals surface area contributed by atoms with E-state index in [2.05, 4.69) is 50.5 Å². The quantitative estimate of drug-likeness (QED) is 0.800. The molecule has 0 bridgehead atoms. The van der Waals surface area contributed by atoms with Gasteiger partial charge in [0.1, 0.15) is 5.82 Å². The number of hydrogen-bond donors (Lipinski definition) is 1. The van der Waals surface area contributed by atoms with E-state index in [0.29, 0.717) is 5.95 Å². The van der Waals surface area contributed by atoms with E-state index in [1.54, 1.807) is 29.3 Å². The highest BCUT2D eigenvalue weighted by molar-refractivity contribution is 7.09. The first-order valence-electron chi connectivity index (χ1n) is 6.46. The lowest BCUT2D eigenvalue weighted by atomic mass is 9.96. The fraction of sp³-hybridized carbons (Fsp3) is 0.308. The highest BCUT2D eigenvalue weighted by Crippen LogP contribution is 2.25. The van der Waals surface area contributed by atoms with E-state index in [9.17, 15) is 0 Å². The smallest absolute Gasteiger partial charge is 0.250 e. The summed E-state index contributed by atoms with van der Waals surface area (Å²) in [4.78, 5) is 12.8. The second-order valence-electron chi connectivity index (χ2n) is 5.52. The Morgan fingerprint density at radius 3 is 2.62 bits per heavy atom. The molecule has 1 N–H and O–H groups in total. The normalized spacial score (nSPS) is 11.6. The fourth-order valence-electron chi connectivity index (χ4n) is 1.61. The summed E-state index contributed by atoms with van der Waals surface area (Å²) in [6.45, 7) is 6.26. The van der Waals surface area contributed by atoms with Crippen molar-refractivity contribution in [3.8, 4) is 5.95 Å². The van der Waals surface area contributed by atoms with Gasteiger partial charge in [-0.2, -0.15) is 9.47 Å². The van der Waals surface area contributed by atoms with Crippen molar-refractivity contribution in [1.29, 1.82) is 0 Å². The Bertz CT molecular complexity index is 726. The van der Waals surface area contributed by atoms with Crippen molar-refractivity contribution in [2.24, 2.45) is 0 Å². The van der Waals surface area contributed by atoms with Gasteiger partial charge in [0.2, 0.25) is 11.1 Å². The molecule has 108 valence electrons. The third-order valence-corrected chi connectivity index (χ3v) is 3.32. The Morgan fingerprint density at radius 2 is 1.95 bits per heavy atom. The number of hydrogen-bond acceptors (Lipinski definition) is 7. The first kappa shape index (κ1) is 13.6. The van der Waals surface area contributed by atoms with Crippen molar-refractivity contribution in [3.63, 3.8) is 0 Å². The summed E-state index contributed by atoms with van der Waals surface area (Å²) in [6, 6.07) is 1.77. The summed E-state index contributed by atoms with van der Waals surface area (Å²) < 4.78 is 5.97. The van der Waals surface area contributed by atoms with Crippen LogP contribution in [0.2, 0.25) is 0 Å². The zero-order valence-corrected chi connectivity index (χ0v) is 12.8. The van der Waals surface area contributed by atoms with E-state index < -0.39 is 0 Å². The van der Waals surface area contributed by atoms with E-state index in [1.807, 2.05) is 6.20 Å². The van der Waals surface area contributed by atoms with Gasteiger partial charge in [-0.3, -0.25) is 0 Å². The van der Waals surface area contributed by atoms with Crippen LogP contribution >= 0.6 is 11.5 Å². The summed E-state index contributed by atoms with van der Waals surface area (Å²) in [5, 5.41) is 8.16. The van der Waals surface area contributed by atoms with Gasteiger partial charge in [0, 0.05) is 29.3 Å². The molecule has 3 rings (SSSR count). The van der Waals surface area contributed by atoms with Crippen LogP contribution in [0.25, 0.3) is 5.95 Å². The molecular weight excluding hydrogens is 286 g/mol. The molecule has 3 aromatic heterocycles. The van der Waals surface area contributed by atoms with Crippen molar-refractivity contribution >= 4 is 22.4 Å². The van der Waals surface area contributed by atoms with Crippen molar-refractivity contribution in [3.05, 3.63) is 36.7 Å². The van der Waals surface area contributed by atoms with Crippen LogP contribution in [-0.2, 0) is 5.41 Å². The van der Waals surface area contributed by atoms with Gasteiger partial charge in [0.25, 0.3) is 0 Å². The second-order valence-corrected chi connectivity index (χ2v) is 6.27. The van der Waals surface area contributed by atoms with E-state index in [-0.39, 0.29) is 5.41 Å². The Balaban J connectivity index is 1.77. The topological polar surface area (TPSA) is 81.4 Å². The van der Waals surface area contributed by atoms with E-state index >= 15 is 0 Å². The minimum atomic E-state index is -0.0571. The molecule has 0 aliphatic rings. The van der Waals surface area contributed by atoms with Crippen LogP contribution in [0.3, 0.4) is 0 Å². The largest absolute Gasteiger partial charge is 0.328 e. The summed E-state index contributed by atoms with van der Waals surface area (Å²) >= 11 is 1.34. The van der Waals surface area contributed by atoms with Crippen LogP contribution < -0.4 is 5.32 Å². The average Bonchev–Trinajstić information content (AvgIpc) is 3.09. The molecule has 0 aliphatic heterocycles. The predicted molar refractivity (Wildman–Crippen MR) is 81.0 cm³/mol. The van der Waals surface area contributed by atoms with Crippen molar-refractivity contribution in [2.45, 2.75) is 26.2 Å². The van der Waals surface area contributed by atoms with Crippen molar-refractivity contribution in [1.82, 2.24) is 29.1 Å². The molecule has 0 unspecified atom stereocenters. The van der Waals surface area contributed by atoms with Gasteiger partial charge in [-0.15, -0.1) is 0 Å². The number of aromatic nitrogens is 6. The minimum Gasteiger partial charge on any atom is -0.328 e. The lowest BCUT2D eigenvalue weighted by molar-refractivity contribution is 0.555. The summed E-state index contributed by atoms with van der Waals surface area (Å²) in [7, 11) is 0. The van der Waals surface area contributed by atoms with Gasteiger partial charge in [-0.25, -0.2) is 19.6 Å². The molecule has 0 saturated carbocycles. The molecule has 0 saturated heterocycles. The maximum atomic E-state index is 4.49. The molecule has 0 radical (unpaired) electrons. The lowest BCUT2D eigenvalue weighted by Crippen LogP contribution is -2.13. The first-order valence-corrected chi connectivity index (χ1v) is 7.23. The SMILES string of the molecule is CC(C)(C)c1nsc(Nc2cnn(-c3ncccn3)c2)n1. The summed E-state index contributed by atoms with van der Waals surface area (Å²) in [6.07, 6.45) is 6.87. The average molecular weight is 301 g/mol. The van der Waals surface area contributed by atoms with Gasteiger partial charge in [0.15, 0.2) is 0 Å². The molecule has 21 heavy (non-hydrogen) atoms. The van der Waals surface area contributed by atoms with Gasteiger partial charge >= 0.3 is 0 Å². The van der Waals surface area contributed by atoms with E-state index in [1.165, 1.54) is 11.5 Å². The highest BCUT2D eigenvalue weighted by atomic mass is 32.1. The molecule has 0 amide bonds. The van der Waals surface area contributed by atoms with Crippen molar-refractivity contribution < 1.29 is 0 Å². The van der Waals surface area contributed by atoms with E-state index in [4.69, 9.17) is 0 Å². The first-order chi connectivity index (χ1) is 10.0. The Morgan fingerprint density at radius 1 is 1.19 bits per heavy atom. The molecule has 0 aliphatic carbocycles. The monoisotopic (exact) mass is 301 g/mol. The maximum absolute atomic E-state index is 4.49. The second kappa shape index (κ2) is 5.21. The molecule has 0 fully saturated rings. The van der Waals surface area contributed by atoms with Crippen molar-refractivity contribution in [2.75, 3.05) is 5.32 Å². The Kier molecular flexibility index (Phi) is 3.38. The predicted octanol–water partition coefficient (Wildman–Crippen LogP) is 2.55. The number of anilines is 2. The summed E-state index contributed by atoms with van der Waals surface area (Å²) in [5.74, 6) is 1.35.